The fraction of sp³-hybridized carbons (Fsp3) is 0.400. The second-order valence-corrected chi connectivity index (χ2v) is 4.64. The molecule has 1 unspecified atom stereocenters. The molecule has 0 saturated heterocycles. The molecule has 0 bridgehead atoms. The van der Waals surface area contributed by atoms with Gasteiger partial charge in [0.05, 0.1) is 15.4 Å². The SMILES string of the molecule is FC(F)(F)CCC(Cl)c1ccc(Cl)c(Cl)c1. The van der Waals surface area contributed by atoms with Crippen LogP contribution in [0, 0.1) is 0 Å². The highest BCUT2D eigenvalue weighted by atomic mass is 35.5. The zero-order valence-corrected chi connectivity index (χ0v) is 10.3. The topological polar surface area (TPSA) is 0 Å². The molecule has 0 aromatic heterocycles. The molecule has 0 fully saturated rings. The van der Waals surface area contributed by atoms with E-state index in [9.17, 15) is 13.2 Å². The van der Waals surface area contributed by atoms with Gasteiger partial charge in [-0.2, -0.15) is 13.2 Å². The van der Waals surface area contributed by atoms with E-state index in [2.05, 4.69) is 0 Å². The van der Waals surface area contributed by atoms with Gasteiger partial charge in [-0.3, -0.25) is 0 Å². The molecule has 0 N–H and O–H groups in total. The lowest BCUT2D eigenvalue weighted by Crippen LogP contribution is -2.08. The second-order valence-electron chi connectivity index (χ2n) is 3.29. The molecule has 1 atom stereocenters. The molecule has 6 heteroatoms. The molecule has 0 heterocycles. The zero-order chi connectivity index (χ0) is 12.3. The van der Waals surface area contributed by atoms with Gasteiger partial charge in [0.15, 0.2) is 0 Å². The summed E-state index contributed by atoms with van der Waals surface area (Å²) in [5.74, 6) is 0. The normalized spacial score (nSPS) is 13.9. The van der Waals surface area contributed by atoms with E-state index in [-0.39, 0.29) is 11.4 Å². The average molecular weight is 292 g/mol. The van der Waals surface area contributed by atoms with Gasteiger partial charge >= 0.3 is 6.18 Å². The molecule has 90 valence electrons. The Balaban J connectivity index is 2.66. The third-order valence-corrected chi connectivity index (χ3v) is 3.20. The Morgan fingerprint density at radius 3 is 2.25 bits per heavy atom. The number of benzene rings is 1. The van der Waals surface area contributed by atoms with Crippen LogP contribution >= 0.6 is 34.8 Å². The van der Waals surface area contributed by atoms with Gasteiger partial charge in [-0.1, -0.05) is 29.3 Å². The van der Waals surface area contributed by atoms with Crippen LogP contribution in [-0.4, -0.2) is 6.18 Å². The highest BCUT2D eigenvalue weighted by Gasteiger charge is 2.28. The smallest absolute Gasteiger partial charge is 0.171 e. The molecule has 0 aliphatic carbocycles. The minimum absolute atomic E-state index is 0.178. The van der Waals surface area contributed by atoms with Crippen LogP contribution in [-0.2, 0) is 0 Å². The fourth-order valence-electron chi connectivity index (χ4n) is 1.16. The number of halogens is 6. The lowest BCUT2D eigenvalue weighted by atomic mass is 10.1. The first-order valence-corrected chi connectivity index (χ1v) is 5.64. The Kier molecular flexibility index (Phi) is 4.77. The number of hydrogen-bond donors (Lipinski definition) is 0. The van der Waals surface area contributed by atoms with Crippen molar-refractivity contribution in [1.29, 1.82) is 0 Å². The maximum atomic E-state index is 12.0. The minimum atomic E-state index is -4.19. The van der Waals surface area contributed by atoms with Crippen LogP contribution < -0.4 is 0 Å². The van der Waals surface area contributed by atoms with Crippen LogP contribution in [0.25, 0.3) is 0 Å². The van der Waals surface area contributed by atoms with E-state index in [4.69, 9.17) is 34.8 Å². The van der Waals surface area contributed by atoms with Gasteiger partial charge in [-0.05, 0) is 24.1 Å². The Hall–Kier alpha value is -0.120. The zero-order valence-electron chi connectivity index (χ0n) is 7.99. The van der Waals surface area contributed by atoms with Crippen molar-refractivity contribution in [2.45, 2.75) is 24.4 Å². The van der Waals surface area contributed by atoms with Gasteiger partial charge in [-0.25, -0.2) is 0 Å². The van der Waals surface area contributed by atoms with Gasteiger partial charge in [0.2, 0.25) is 0 Å². The minimum Gasteiger partial charge on any atom is -0.171 e. The molecule has 0 aliphatic rings. The van der Waals surface area contributed by atoms with Crippen LogP contribution in [0.3, 0.4) is 0 Å². The number of hydrogen-bond acceptors (Lipinski definition) is 0. The van der Waals surface area contributed by atoms with Crippen LogP contribution in [0.15, 0.2) is 18.2 Å². The molecule has 0 spiro atoms. The van der Waals surface area contributed by atoms with Crippen molar-refractivity contribution in [3.05, 3.63) is 33.8 Å². The van der Waals surface area contributed by atoms with Crippen LogP contribution in [0.5, 0.6) is 0 Å². The first-order valence-electron chi connectivity index (χ1n) is 4.45. The van der Waals surface area contributed by atoms with E-state index in [1.165, 1.54) is 12.1 Å². The summed E-state index contributed by atoms with van der Waals surface area (Å²) in [4.78, 5) is 0. The van der Waals surface area contributed by atoms with E-state index in [1.54, 1.807) is 6.07 Å². The Morgan fingerprint density at radius 2 is 1.75 bits per heavy atom. The van der Waals surface area contributed by atoms with Gasteiger partial charge in [-0.15, -0.1) is 11.6 Å². The highest BCUT2D eigenvalue weighted by molar-refractivity contribution is 6.42. The quantitative estimate of drug-likeness (QED) is 0.634. The maximum absolute atomic E-state index is 12.0. The van der Waals surface area contributed by atoms with Gasteiger partial charge in [0.1, 0.15) is 0 Å². The van der Waals surface area contributed by atoms with Crippen LogP contribution in [0.1, 0.15) is 23.8 Å². The molecule has 0 amide bonds. The average Bonchev–Trinajstić information content (AvgIpc) is 2.17. The number of alkyl halides is 4. The molecule has 0 radical (unpaired) electrons. The molecule has 0 nitrogen and oxygen atoms in total. The summed E-state index contributed by atoms with van der Waals surface area (Å²) < 4.78 is 35.9. The van der Waals surface area contributed by atoms with Crippen molar-refractivity contribution >= 4 is 34.8 Å². The van der Waals surface area contributed by atoms with E-state index in [1.807, 2.05) is 0 Å². The highest BCUT2D eigenvalue weighted by Crippen LogP contribution is 2.34. The first-order chi connectivity index (χ1) is 7.29. The van der Waals surface area contributed by atoms with Crippen molar-refractivity contribution in [3.63, 3.8) is 0 Å². The van der Waals surface area contributed by atoms with Crippen molar-refractivity contribution in [2.24, 2.45) is 0 Å². The summed E-state index contributed by atoms with van der Waals surface area (Å²) in [5, 5.41) is -0.0710. The van der Waals surface area contributed by atoms with Crippen molar-refractivity contribution in [1.82, 2.24) is 0 Å². The van der Waals surface area contributed by atoms with Crippen LogP contribution in [0.2, 0.25) is 10.0 Å². The second kappa shape index (κ2) is 5.48. The summed E-state index contributed by atoms with van der Waals surface area (Å²) >= 11 is 17.2. The molecule has 1 aromatic carbocycles. The summed E-state index contributed by atoms with van der Waals surface area (Å²) in [6, 6.07) is 4.57. The third kappa shape index (κ3) is 4.40. The van der Waals surface area contributed by atoms with Gasteiger partial charge < -0.3 is 0 Å². The van der Waals surface area contributed by atoms with Crippen molar-refractivity contribution in [2.75, 3.05) is 0 Å². The van der Waals surface area contributed by atoms with Gasteiger partial charge in [0, 0.05) is 6.42 Å². The third-order valence-electron chi connectivity index (χ3n) is 1.99. The van der Waals surface area contributed by atoms with Gasteiger partial charge in [0.25, 0.3) is 0 Å². The summed E-state index contributed by atoms with van der Waals surface area (Å²) in [5.41, 5.74) is 0.542. The molecular formula is C10H8Cl3F3. The molecular weight excluding hydrogens is 283 g/mol. The van der Waals surface area contributed by atoms with Crippen molar-refractivity contribution < 1.29 is 13.2 Å². The van der Waals surface area contributed by atoms with E-state index < -0.39 is 18.0 Å². The van der Waals surface area contributed by atoms with E-state index >= 15 is 0 Å². The summed E-state index contributed by atoms with van der Waals surface area (Å²) in [6.07, 6.45) is -5.28. The largest absolute Gasteiger partial charge is 0.389 e. The Bertz CT molecular complexity index is 363. The van der Waals surface area contributed by atoms with E-state index in [0.717, 1.165) is 0 Å². The van der Waals surface area contributed by atoms with E-state index in [0.29, 0.717) is 10.6 Å². The van der Waals surface area contributed by atoms with Crippen molar-refractivity contribution in [3.8, 4) is 0 Å². The fourth-order valence-corrected chi connectivity index (χ4v) is 1.72. The lowest BCUT2D eigenvalue weighted by Gasteiger charge is -2.12. The molecule has 0 saturated carbocycles. The number of rotatable bonds is 3. The Labute approximate surface area is 106 Å². The maximum Gasteiger partial charge on any atom is 0.389 e. The monoisotopic (exact) mass is 290 g/mol. The summed E-state index contributed by atoms with van der Waals surface area (Å²) in [7, 11) is 0. The molecule has 0 aliphatic heterocycles. The predicted octanol–water partition coefficient (Wildman–Crippen LogP) is 5.62. The van der Waals surface area contributed by atoms with Crippen LogP contribution in [0.4, 0.5) is 13.2 Å². The molecule has 1 aromatic rings. The summed E-state index contributed by atoms with van der Waals surface area (Å²) in [6.45, 7) is 0. The first kappa shape index (κ1) is 13.9. The Morgan fingerprint density at radius 1 is 1.12 bits per heavy atom. The standard InChI is InChI=1S/C10H8Cl3F3/c11-7(3-4-10(14,15)16)6-1-2-8(12)9(13)5-6/h1-2,5,7H,3-4H2. The predicted molar refractivity (Wildman–Crippen MR) is 60.3 cm³/mol. The molecule has 16 heavy (non-hydrogen) atoms. The molecule has 1 rings (SSSR count). The lowest BCUT2D eigenvalue weighted by molar-refractivity contribution is -0.135.